The number of para-hydroxylation sites is 3. The molecule has 16 nitrogen and oxygen atoms in total. The quantitative estimate of drug-likeness (QED) is 0.0633. The molecule has 0 fully saturated rings. The summed E-state index contributed by atoms with van der Waals surface area (Å²) in [5, 5.41) is 25.4. The molecule has 0 unspecified atom stereocenters. The monoisotopic (exact) mass is 2360 g/mol. The van der Waals surface area contributed by atoms with Gasteiger partial charge in [0, 0.05) is 195 Å². The molecule has 6 aromatic carbocycles. The second-order valence-corrected chi connectivity index (χ2v) is 22.5. The van der Waals surface area contributed by atoms with Crippen molar-refractivity contribution in [2.24, 2.45) is 0 Å². The standard InChI is InChI=1S/C14H12N2.C13H7F2N2.C13H8NS.C11H6F2N.C10H10FN2.C8H6N3.C6H5NO2.C5H8O2.CH3.5Ir/c1-15-11-16(12-7-3-2-4-8-12)14-10-6-5-9-13(14)15;1-8-5-6-17-11(7-8)9-3-4-10(14)13(16-2)12(9)15;1-2-7-12-10(5-1)9-13(15-12)11-6-3-4-8-14-11;12-8-4-5-9(10(13)7-8)11-3-1-2-6-14-11;1-12-6-7-13(8-12)10-4-2-9(11)3-5-10;1-2-5-9-7(3-1)8-4-6-10-11-8;8-6(9)5-3-1-2-4-7-5;1-4(6)3-5(2)7;;;;;;/h2-7,9-11H,1H3;4-7H,1H3;1-8H;1-4,6-7H;2-4,6-7H,8H2,1H3;1-6H;1-4H,(H,8,9);3,6H,1-2H3;1H3;;;;;/q-2;5*-1;;;-1;;;;;+3. The number of nitrogens with zero attached hydrogens (tertiary/aromatic N) is 12. The maximum atomic E-state index is 13.8. The molecule has 2 N–H and O–H groups in total. The van der Waals surface area contributed by atoms with E-state index in [-0.39, 0.29) is 142 Å². The Morgan fingerprint density at radius 2 is 1.20 bits per heavy atom. The van der Waals surface area contributed by atoms with Crippen LogP contribution in [0.3, 0.4) is 0 Å². The van der Waals surface area contributed by atoms with Gasteiger partial charge in [-0.2, -0.15) is 43.1 Å². The van der Waals surface area contributed by atoms with E-state index >= 15 is 0 Å². The van der Waals surface area contributed by atoms with Crippen LogP contribution in [0.15, 0.2) is 262 Å². The Kier molecular flexibility index (Phi) is 43.0. The number of thiophene rings is 1. The summed E-state index contributed by atoms with van der Waals surface area (Å²) in [5.74, 6) is -4.42. The molecule has 4 radical (unpaired) electrons. The SMILES string of the molecule is CC(=O)C=C(C)O.CN1C=CN(c2[c-]cc(F)cc2)C1.CN1[CH-]N(c2[c-]cccc2)c2ccccc21.Fc1c[c-]c(-c2ccccn2)c(F)c1.O=C(O)c1ccccn1.[C-]#[N+]c1c(F)c[c-]c(-c2cc(C)ccn2)c1F.[CH3-].[Ir+3].[Ir].[Ir].[Ir].[Ir].[c-]1c(-c2ccccn2)sc2ccccc12.c1ccc(-c2ccn[n-]2)nc1. The fraction of sp³-hybridized carbons (Fsp3) is 0.0741. The topological polar surface area (TPSA) is 183 Å². The van der Waals surface area contributed by atoms with Crippen molar-refractivity contribution >= 4 is 61.6 Å². The molecule has 13 aromatic rings. The van der Waals surface area contributed by atoms with E-state index in [1.54, 1.807) is 78.5 Å². The smallest absolute Gasteiger partial charge is 0.574 e. The van der Waals surface area contributed by atoms with Crippen molar-refractivity contribution in [3.63, 3.8) is 0 Å². The molecule has 0 amide bonds. The second kappa shape index (κ2) is 49.2. The molecular formula is C81H65F5Ir5N12O4S-5. The number of rotatable bonds is 8. The minimum Gasteiger partial charge on any atom is -0.574 e. The molecule has 9 heterocycles. The minimum atomic E-state index is -0.990. The third kappa shape index (κ3) is 29.4. The van der Waals surface area contributed by atoms with E-state index in [1.165, 1.54) is 72.0 Å². The Balaban J connectivity index is 0.000000420. The molecule has 2 aliphatic rings. The Morgan fingerprint density at radius 3 is 1.72 bits per heavy atom. The third-order valence-corrected chi connectivity index (χ3v) is 14.8. The summed E-state index contributed by atoms with van der Waals surface area (Å²) in [6, 6.07) is 73.2. The van der Waals surface area contributed by atoms with E-state index in [0.717, 1.165) is 63.8 Å². The first-order valence-corrected chi connectivity index (χ1v) is 31.6. The number of benzene rings is 6. The number of carboxylic acids is 1. The van der Waals surface area contributed by atoms with E-state index in [4.69, 9.17) is 16.8 Å². The molecule has 2 aliphatic heterocycles. The zero-order valence-electron chi connectivity index (χ0n) is 58.1. The van der Waals surface area contributed by atoms with E-state index in [1.807, 2.05) is 109 Å². The van der Waals surface area contributed by atoms with Gasteiger partial charge in [0.2, 0.25) is 0 Å². The Hall–Kier alpha value is -9.75. The first-order chi connectivity index (χ1) is 49.3. The van der Waals surface area contributed by atoms with Crippen molar-refractivity contribution < 1.29 is 142 Å². The molecule has 0 aliphatic carbocycles. The molecule has 0 spiro atoms. The summed E-state index contributed by atoms with van der Waals surface area (Å²) >= 11 is 1.73. The number of carboxylic acid groups (broad SMARTS) is 1. The fourth-order valence-corrected chi connectivity index (χ4v) is 10.0. The molecule has 0 atom stereocenters. The van der Waals surface area contributed by atoms with Crippen LogP contribution >= 0.6 is 11.3 Å². The normalized spacial score (nSPS) is 10.8. The van der Waals surface area contributed by atoms with Crippen LogP contribution < -0.4 is 19.8 Å². The Bertz CT molecular complexity index is 4880. The number of aromatic nitrogens is 7. The van der Waals surface area contributed by atoms with Crippen molar-refractivity contribution in [1.82, 2.24) is 40.0 Å². The van der Waals surface area contributed by atoms with Crippen molar-refractivity contribution in [3.05, 3.63) is 358 Å². The van der Waals surface area contributed by atoms with Crippen molar-refractivity contribution in [2.75, 3.05) is 35.5 Å². The summed E-state index contributed by atoms with van der Waals surface area (Å²) in [6.07, 6.45) is 14.8. The minimum absolute atomic E-state index is 0. The number of hydrogen-bond acceptors (Lipinski definition) is 14. The van der Waals surface area contributed by atoms with E-state index in [2.05, 4.69) is 142 Å². The number of ketones is 1. The summed E-state index contributed by atoms with van der Waals surface area (Å²) in [5.41, 5.74) is 8.42. The van der Waals surface area contributed by atoms with Gasteiger partial charge in [-0.05, 0) is 103 Å². The van der Waals surface area contributed by atoms with Gasteiger partial charge in [-0.3, -0.25) is 36.6 Å². The van der Waals surface area contributed by atoms with Crippen LogP contribution in [0.1, 0.15) is 29.9 Å². The van der Waals surface area contributed by atoms with Crippen LogP contribution in [0.4, 0.5) is 50.4 Å². The Labute approximate surface area is 696 Å². The van der Waals surface area contributed by atoms with Crippen LogP contribution in [-0.4, -0.2) is 77.6 Å². The van der Waals surface area contributed by atoms with Crippen LogP contribution in [0, 0.1) is 87.0 Å². The fourth-order valence-electron chi connectivity index (χ4n) is 9.05. The zero-order chi connectivity index (χ0) is 72.8. The number of pyridine rings is 5. The van der Waals surface area contributed by atoms with Crippen molar-refractivity contribution in [2.45, 2.75) is 20.8 Å². The van der Waals surface area contributed by atoms with Crippen LogP contribution in [0.25, 0.3) is 59.4 Å². The number of aliphatic hydroxyl groups is 1. The van der Waals surface area contributed by atoms with Gasteiger partial charge in [0.05, 0.1) is 19.0 Å². The van der Waals surface area contributed by atoms with Gasteiger partial charge in [0.1, 0.15) is 5.69 Å². The molecule has 15 rings (SSSR count). The molecule has 564 valence electrons. The summed E-state index contributed by atoms with van der Waals surface area (Å²) in [4.78, 5) is 52.3. The van der Waals surface area contributed by atoms with E-state index in [9.17, 15) is 31.5 Å². The maximum absolute atomic E-state index is 13.8. The molecule has 0 saturated carbocycles. The molecule has 27 heteroatoms. The van der Waals surface area contributed by atoms with Gasteiger partial charge in [-0.15, -0.1) is 77.3 Å². The third-order valence-electron chi connectivity index (χ3n) is 13.7. The van der Waals surface area contributed by atoms with Crippen LogP contribution in [0.5, 0.6) is 0 Å². The van der Waals surface area contributed by atoms with Crippen LogP contribution in [-0.2, 0) is 105 Å². The van der Waals surface area contributed by atoms with Gasteiger partial charge in [0.15, 0.2) is 11.5 Å². The number of aromatic carboxylic acids is 1. The number of anilines is 4. The predicted octanol–water partition coefficient (Wildman–Crippen LogP) is 18.6. The molecular weight excluding hydrogens is 2290 g/mol. The summed E-state index contributed by atoms with van der Waals surface area (Å²) in [6.45, 7) is 14.3. The number of aryl methyl sites for hydroxylation is 1. The number of aliphatic hydroxyl groups excluding tert-OH is 1. The largest absolute Gasteiger partial charge is 3.00 e. The number of hydrogen-bond donors (Lipinski definition) is 2. The second-order valence-electron chi connectivity index (χ2n) is 21.5. The maximum Gasteiger partial charge on any atom is 3.00 e. The first kappa shape index (κ1) is 94.3. The average molecular weight is 2360 g/mol. The average Bonchev–Trinajstić information content (AvgIpc) is 1.51. The van der Waals surface area contributed by atoms with Crippen LogP contribution in [0.2, 0.25) is 0 Å². The van der Waals surface area contributed by atoms with Gasteiger partial charge < -0.3 is 62.4 Å². The van der Waals surface area contributed by atoms with E-state index in [0.29, 0.717) is 11.4 Å². The molecule has 108 heavy (non-hydrogen) atoms. The molecule has 0 bridgehead atoms. The van der Waals surface area contributed by atoms with Crippen molar-refractivity contribution in [1.29, 1.82) is 0 Å². The number of halogens is 5. The summed E-state index contributed by atoms with van der Waals surface area (Å²) in [7, 11) is 4.04. The zero-order valence-corrected chi connectivity index (χ0v) is 70.9. The van der Waals surface area contributed by atoms with E-state index < -0.39 is 34.9 Å². The number of allylic oxidation sites excluding steroid dienone is 2. The van der Waals surface area contributed by atoms with Gasteiger partial charge in [-0.25, -0.2) is 21.1 Å². The van der Waals surface area contributed by atoms with Gasteiger partial charge in [0.25, 0.3) is 0 Å². The number of carbonyl (C=O) groups is 2. The molecule has 7 aromatic heterocycles. The first-order valence-electron chi connectivity index (χ1n) is 30.8. The number of carbonyl (C=O) groups excluding carboxylic acids is 1. The van der Waals surface area contributed by atoms with Crippen molar-refractivity contribution in [3.8, 4) is 44.5 Å². The van der Waals surface area contributed by atoms with Gasteiger partial charge >= 0.3 is 26.1 Å². The summed E-state index contributed by atoms with van der Waals surface area (Å²) < 4.78 is 66.6. The van der Waals surface area contributed by atoms with Gasteiger partial charge in [-0.1, -0.05) is 101 Å². The number of fused-ring (bicyclic) bond motifs is 2. The molecule has 0 saturated heterocycles. The predicted molar refractivity (Wildman–Crippen MR) is 393 cm³/mol. The Morgan fingerprint density at radius 1 is 0.602 bits per heavy atom.